The van der Waals surface area contributed by atoms with E-state index in [1.807, 2.05) is 0 Å². The molecule has 0 fully saturated rings. The molecule has 0 aliphatic carbocycles. The molecule has 0 radical (unpaired) electrons. The maximum atomic E-state index is 10.6. The van der Waals surface area contributed by atoms with Crippen molar-refractivity contribution in [2.24, 2.45) is 0 Å². The zero-order chi connectivity index (χ0) is 6.97. The first kappa shape index (κ1) is 5.22. The van der Waals surface area contributed by atoms with Crippen molar-refractivity contribution in [2.45, 2.75) is 0 Å². The third-order valence-corrected chi connectivity index (χ3v) is 1.29. The molecule has 0 aromatic carbocycles. The van der Waals surface area contributed by atoms with Crippen molar-refractivity contribution in [3.8, 4) is 0 Å². The van der Waals surface area contributed by atoms with Crippen LogP contribution in [0, 0.1) is 0 Å². The molecular formula is C6H5N3O. The molecule has 10 heavy (non-hydrogen) atoms. The van der Waals surface area contributed by atoms with Crippen LogP contribution in [0.25, 0.3) is 11.2 Å². The summed E-state index contributed by atoms with van der Waals surface area (Å²) in [5.74, 6) is 0. The van der Waals surface area contributed by atoms with Crippen molar-refractivity contribution < 1.29 is 0 Å². The lowest BCUT2D eigenvalue weighted by atomic mass is 10.5. The summed E-state index contributed by atoms with van der Waals surface area (Å²) in [5, 5.41) is 0. The van der Waals surface area contributed by atoms with Gasteiger partial charge in [0, 0.05) is 6.20 Å². The lowest BCUT2D eigenvalue weighted by Crippen LogP contribution is -2.03. The predicted octanol–water partition coefficient (Wildman–Crippen LogP) is 0.251. The van der Waals surface area contributed by atoms with Gasteiger partial charge < -0.3 is 9.97 Å². The highest BCUT2D eigenvalue weighted by Gasteiger charge is 1.92. The molecule has 2 aromatic rings. The molecule has 4 nitrogen and oxygen atoms in total. The minimum absolute atomic E-state index is 0.185. The number of nitrogens with zero attached hydrogens (tertiary/aromatic N) is 1. The SMILES string of the molecule is O=c1cnc2cc[nH]c2[nH]1. The van der Waals surface area contributed by atoms with Gasteiger partial charge in [-0.25, -0.2) is 4.98 Å². The van der Waals surface area contributed by atoms with Crippen LogP contribution < -0.4 is 5.56 Å². The Morgan fingerprint density at radius 3 is 3.30 bits per heavy atom. The predicted molar refractivity (Wildman–Crippen MR) is 36.7 cm³/mol. The van der Waals surface area contributed by atoms with E-state index in [1.54, 1.807) is 12.3 Å². The molecule has 0 bridgehead atoms. The molecule has 0 spiro atoms. The van der Waals surface area contributed by atoms with Crippen molar-refractivity contribution in [3.63, 3.8) is 0 Å². The van der Waals surface area contributed by atoms with Gasteiger partial charge in [0.2, 0.25) is 0 Å². The van der Waals surface area contributed by atoms with Crippen LogP contribution in [0.5, 0.6) is 0 Å². The molecule has 0 aliphatic rings. The first-order chi connectivity index (χ1) is 4.86. The smallest absolute Gasteiger partial charge is 0.267 e. The summed E-state index contributed by atoms with van der Waals surface area (Å²) in [4.78, 5) is 19.9. The van der Waals surface area contributed by atoms with E-state index in [0.29, 0.717) is 5.65 Å². The van der Waals surface area contributed by atoms with Gasteiger partial charge in [-0.05, 0) is 6.07 Å². The molecule has 50 valence electrons. The van der Waals surface area contributed by atoms with Crippen LogP contribution in [0.2, 0.25) is 0 Å². The van der Waals surface area contributed by atoms with Crippen LogP contribution in [0.15, 0.2) is 23.3 Å². The van der Waals surface area contributed by atoms with E-state index >= 15 is 0 Å². The zero-order valence-electron chi connectivity index (χ0n) is 5.09. The van der Waals surface area contributed by atoms with Crippen LogP contribution in [0.1, 0.15) is 0 Å². The Labute approximate surface area is 55.9 Å². The Morgan fingerprint density at radius 2 is 2.40 bits per heavy atom. The summed E-state index contributed by atoms with van der Waals surface area (Å²) in [7, 11) is 0. The highest BCUT2D eigenvalue weighted by molar-refractivity contribution is 5.69. The number of nitrogens with one attached hydrogen (secondary N) is 2. The van der Waals surface area contributed by atoms with Gasteiger partial charge in [0.1, 0.15) is 11.2 Å². The van der Waals surface area contributed by atoms with Gasteiger partial charge >= 0.3 is 0 Å². The van der Waals surface area contributed by atoms with Gasteiger partial charge in [-0.2, -0.15) is 0 Å². The average molecular weight is 135 g/mol. The Balaban J connectivity index is 2.99. The fourth-order valence-electron chi connectivity index (χ4n) is 0.853. The van der Waals surface area contributed by atoms with Gasteiger partial charge in [0.15, 0.2) is 0 Å². The molecule has 0 atom stereocenters. The zero-order valence-corrected chi connectivity index (χ0v) is 5.09. The second-order valence-corrected chi connectivity index (χ2v) is 1.99. The van der Waals surface area contributed by atoms with Gasteiger partial charge in [0.25, 0.3) is 5.56 Å². The van der Waals surface area contributed by atoms with Crippen LogP contribution in [0.4, 0.5) is 0 Å². The summed E-state index contributed by atoms with van der Waals surface area (Å²) in [6, 6.07) is 1.80. The Morgan fingerprint density at radius 1 is 1.50 bits per heavy atom. The molecule has 2 N–H and O–H groups in total. The van der Waals surface area contributed by atoms with Crippen LogP contribution in [0.3, 0.4) is 0 Å². The Kier molecular flexibility index (Phi) is 0.887. The fourth-order valence-corrected chi connectivity index (χ4v) is 0.853. The topological polar surface area (TPSA) is 61.5 Å². The number of hydrogen-bond donors (Lipinski definition) is 2. The van der Waals surface area contributed by atoms with E-state index in [9.17, 15) is 4.79 Å². The van der Waals surface area contributed by atoms with Gasteiger partial charge in [-0.3, -0.25) is 4.79 Å². The minimum Gasteiger partial charge on any atom is -0.346 e. The number of rotatable bonds is 0. The van der Waals surface area contributed by atoms with Crippen LogP contribution >= 0.6 is 0 Å². The number of H-pyrrole nitrogens is 2. The van der Waals surface area contributed by atoms with E-state index < -0.39 is 0 Å². The molecule has 0 amide bonds. The molecule has 0 saturated carbocycles. The first-order valence-corrected chi connectivity index (χ1v) is 2.89. The summed E-state index contributed by atoms with van der Waals surface area (Å²) in [6.45, 7) is 0. The first-order valence-electron chi connectivity index (χ1n) is 2.89. The van der Waals surface area contributed by atoms with E-state index in [2.05, 4.69) is 15.0 Å². The molecule has 2 heterocycles. The number of aromatic amines is 2. The third-order valence-electron chi connectivity index (χ3n) is 1.29. The normalized spacial score (nSPS) is 10.4. The number of fused-ring (bicyclic) bond motifs is 1. The molecule has 0 unspecified atom stereocenters. The lowest BCUT2D eigenvalue weighted by molar-refractivity contribution is 1.19. The second-order valence-electron chi connectivity index (χ2n) is 1.99. The maximum absolute atomic E-state index is 10.6. The van der Waals surface area contributed by atoms with Crippen molar-refractivity contribution in [1.82, 2.24) is 15.0 Å². The second kappa shape index (κ2) is 1.70. The van der Waals surface area contributed by atoms with Crippen LogP contribution in [-0.4, -0.2) is 15.0 Å². The molecule has 4 heteroatoms. The molecule has 0 aliphatic heterocycles. The van der Waals surface area contributed by atoms with E-state index in [0.717, 1.165) is 5.52 Å². The molecule has 2 aromatic heterocycles. The highest BCUT2D eigenvalue weighted by Crippen LogP contribution is 1.99. The summed E-state index contributed by atoms with van der Waals surface area (Å²) in [5.41, 5.74) is 1.27. The molecular weight excluding hydrogens is 130 g/mol. The summed E-state index contributed by atoms with van der Waals surface area (Å²) < 4.78 is 0. The maximum Gasteiger partial charge on any atom is 0.267 e. The Bertz CT molecular complexity index is 400. The third kappa shape index (κ3) is 0.621. The summed E-state index contributed by atoms with van der Waals surface area (Å²) >= 11 is 0. The average Bonchev–Trinajstić information content (AvgIpc) is 2.33. The minimum atomic E-state index is -0.185. The van der Waals surface area contributed by atoms with Gasteiger partial charge in [0.05, 0.1) is 6.20 Å². The lowest BCUT2D eigenvalue weighted by Gasteiger charge is -1.84. The van der Waals surface area contributed by atoms with Crippen molar-refractivity contribution >= 4 is 11.2 Å². The largest absolute Gasteiger partial charge is 0.346 e. The van der Waals surface area contributed by atoms with E-state index in [1.165, 1.54) is 6.20 Å². The molecule has 2 rings (SSSR count). The van der Waals surface area contributed by atoms with Crippen LogP contribution in [-0.2, 0) is 0 Å². The number of hydrogen-bond acceptors (Lipinski definition) is 2. The highest BCUT2D eigenvalue weighted by atomic mass is 16.1. The standard InChI is InChI=1S/C6H5N3O/c10-5-3-8-4-1-2-7-6(4)9-5/h1-3H,(H2,7,9,10). The summed E-state index contributed by atoms with van der Waals surface area (Å²) in [6.07, 6.45) is 2.99. The Hall–Kier alpha value is -1.58. The van der Waals surface area contributed by atoms with Crippen molar-refractivity contribution in [2.75, 3.05) is 0 Å². The van der Waals surface area contributed by atoms with E-state index in [4.69, 9.17) is 0 Å². The van der Waals surface area contributed by atoms with Gasteiger partial charge in [-0.15, -0.1) is 0 Å². The van der Waals surface area contributed by atoms with E-state index in [-0.39, 0.29) is 5.56 Å². The fraction of sp³-hybridized carbons (Fsp3) is 0. The monoisotopic (exact) mass is 135 g/mol. The molecule has 0 saturated heterocycles. The van der Waals surface area contributed by atoms with Gasteiger partial charge in [-0.1, -0.05) is 0 Å². The number of aromatic nitrogens is 3. The van der Waals surface area contributed by atoms with Crippen molar-refractivity contribution in [1.29, 1.82) is 0 Å². The quantitative estimate of drug-likeness (QED) is 0.544. The van der Waals surface area contributed by atoms with Crippen molar-refractivity contribution in [3.05, 3.63) is 28.8 Å².